The zero-order valence-electron chi connectivity index (χ0n) is 14.4. The van der Waals surface area contributed by atoms with Crippen LogP contribution in [0, 0.1) is 0 Å². The van der Waals surface area contributed by atoms with Gasteiger partial charge in [-0.05, 0) is 17.5 Å². The van der Waals surface area contributed by atoms with E-state index in [9.17, 15) is 9.90 Å². The lowest BCUT2D eigenvalue weighted by atomic mass is 10.00. The average molecular weight is 351 g/mol. The van der Waals surface area contributed by atoms with Crippen LogP contribution < -0.4 is 5.76 Å². The van der Waals surface area contributed by atoms with Gasteiger partial charge < -0.3 is 5.11 Å². The van der Waals surface area contributed by atoms with Gasteiger partial charge in [0.1, 0.15) is 0 Å². The van der Waals surface area contributed by atoms with Crippen molar-refractivity contribution in [2.75, 3.05) is 13.1 Å². The lowest BCUT2D eigenvalue weighted by Crippen LogP contribution is -2.39. The van der Waals surface area contributed by atoms with Crippen molar-refractivity contribution in [3.8, 4) is 11.4 Å². The summed E-state index contributed by atoms with van der Waals surface area (Å²) in [5.41, 5.74) is 3.47. The zero-order valence-corrected chi connectivity index (χ0v) is 14.4. The molecule has 0 saturated carbocycles. The number of fused-ring (bicyclic) bond motifs is 1. The van der Waals surface area contributed by atoms with E-state index in [1.165, 1.54) is 15.7 Å². The van der Waals surface area contributed by atoms with E-state index < -0.39 is 11.9 Å². The van der Waals surface area contributed by atoms with E-state index in [0.29, 0.717) is 12.4 Å². The second-order valence-corrected chi connectivity index (χ2v) is 6.66. The maximum absolute atomic E-state index is 12.0. The molecule has 1 aromatic heterocycles. The van der Waals surface area contributed by atoms with Crippen LogP contribution in [-0.4, -0.2) is 38.9 Å². The van der Waals surface area contributed by atoms with Crippen molar-refractivity contribution in [1.29, 1.82) is 0 Å². The molecule has 1 aliphatic heterocycles. The fourth-order valence-corrected chi connectivity index (χ4v) is 3.50. The second-order valence-electron chi connectivity index (χ2n) is 6.66. The number of hydrogen-bond acceptors (Lipinski definition) is 5. The van der Waals surface area contributed by atoms with E-state index in [1.807, 2.05) is 36.4 Å². The first kappa shape index (κ1) is 16.8. The van der Waals surface area contributed by atoms with Crippen LogP contribution in [0.25, 0.3) is 11.4 Å². The molecule has 1 atom stereocenters. The molecule has 3 aromatic rings. The topological polar surface area (TPSA) is 71.5 Å². The predicted octanol–water partition coefficient (Wildman–Crippen LogP) is 1.92. The maximum Gasteiger partial charge on any atom is 0.441 e. The van der Waals surface area contributed by atoms with E-state index >= 15 is 0 Å². The Balaban J connectivity index is 1.46. The van der Waals surface area contributed by atoms with Crippen LogP contribution in [0.3, 0.4) is 0 Å². The van der Waals surface area contributed by atoms with Gasteiger partial charge in [0, 0.05) is 25.2 Å². The average Bonchev–Trinajstić information content (AvgIpc) is 3.03. The molecule has 2 heterocycles. The number of aliphatic hydroxyl groups is 1. The third-order valence-corrected chi connectivity index (χ3v) is 4.79. The summed E-state index contributed by atoms with van der Waals surface area (Å²) in [6.45, 7) is 2.38. The predicted molar refractivity (Wildman–Crippen MR) is 97.6 cm³/mol. The van der Waals surface area contributed by atoms with Gasteiger partial charge in [-0.25, -0.2) is 4.79 Å². The minimum absolute atomic E-state index is 0.157. The number of β-amino-alcohol motifs (C(OH)–C–C–N with tert-alkyl or cyclic N) is 1. The Bertz CT molecular complexity index is 933. The smallest absolute Gasteiger partial charge is 0.390 e. The molecule has 1 aliphatic rings. The fourth-order valence-electron chi connectivity index (χ4n) is 3.50. The van der Waals surface area contributed by atoms with E-state index in [2.05, 4.69) is 28.3 Å². The largest absolute Gasteiger partial charge is 0.441 e. The molecule has 0 aliphatic carbocycles. The number of hydrogen-bond donors (Lipinski definition) is 1. The molecule has 0 saturated heterocycles. The van der Waals surface area contributed by atoms with Gasteiger partial charge in [0.15, 0.2) is 5.82 Å². The molecule has 0 radical (unpaired) electrons. The Hall–Kier alpha value is -2.70. The summed E-state index contributed by atoms with van der Waals surface area (Å²) >= 11 is 0. The van der Waals surface area contributed by atoms with E-state index in [4.69, 9.17) is 4.52 Å². The molecule has 0 spiro atoms. The van der Waals surface area contributed by atoms with Crippen molar-refractivity contribution in [1.82, 2.24) is 14.6 Å². The summed E-state index contributed by atoms with van der Waals surface area (Å²) in [4.78, 5) is 14.2. The van der Waals surface area contributed by atoms with Crippen LogP contribution in [0.5, 0.6) is 0 Å². The molecule has 1 unspecified atom stereocenters. The first-order chi connectivity index (χ1) is 12.7. The molecule has 0 fully saturated rings. The highest BCUT2D eigenvalue weighted by molar-refractivity contribution is 5.54. The summed E-state index contributed by atoms with van der Waals surface area (Å²) in [6, 6.07) is 17.8. The monoisotopic (exact) mass is 351 g/mol. The summed E-state index contributed by atoms with van der Waals surface area (Å²) in [7, 11) is 0. The van der Waals surface area contributed by atoms with Gasteiger partial charge in [-0.1, -0.05) is 59.8 Å². The number of aromatic nitrogens is 2. The van der Waals surface area contributed by atoms with Crippen LogP contribution >= 0.6 is 0 Å². The lowest BCUT2D eigenvalue weighted by molar-refractivity contribution is 0.0904. The molecule has 0 bridgehead atoms. The van der Waals surface area contributed by atoms with Gasteiger partial charge >= 0.3 is 5.76 Å². The number of rotatable bonds is 5. The van der Waals surface area contributed by atoms with Crippen LogP contribution in [0.1, 0.15) is 11.1 Å². The summed E-state index contributed by atoms with van der Waals surface area (Å²) < 4.78 is 6.22. The molecule has 26 heavy (non-hydrogen) atoms. The fraction of sp³-hybridized carbons (Fsp3) is 0.300. The second kappa shape index (κ2) is 7.27. The lowest BCUT2D eigenvalue weighted by Gasteiger charge is -2.30. The highest BCUT2D eigenvalue weighted by Gasteiger charge is 2.21. The van der Waals surface area contributed by atoms with E-state index in [-0.39, 0.29) is 6.54 Å². The molecule has 0 amide bonds. The normalized spacial score (nSPS) is 15.6. The third-order valence-electron chi connectivity index (χ3n) is 4.79. The van der Waals surface area contributed by atoms with Gasteiger partial charge in [0.25, 0.3) is 0 Å². The third kappa shape index (κ3) is 3.47. The van der Waals surface area contributed by atoms with Crippen molar-refractivity contribution in [3.05, 3.63) is 76.3 Å². The van der Waals surface area contributed by atoms with Crippen LogP contribution in [0.2, 0.25) is 0 Å². The van der Waals surface area contributed by atoms with Gasteiger partial charge in [0.05, 0.1) is 12.6 Å². The Labute approximate surface area is 151 Å². The molecule has 2 aromatic carbocycles. The first-order valence-electron chi connectivity index (χ1n) is 8.80. The number of aliphatic hydroxyl groups excluding tert-OH is 1. The van der Waals surface area contributed by atoms with Gasteiger partial charge in [-0.2, -0.15) is 0 Å². The molecule has 134 valence electrons. The quantitative estimate of drug-likeness (QED) is 0.760. The molecule has 1 N–H and O–H groups in total. The van der Waals surface area contributed by atoms with Crippen molar-refractivity contribution in [2.45, 2.75) is 25.6 Å². The summed E-state index contributed by atoms with van der Waals surface area (Å²) in [5.74, 6) is -0.106. The van der Waals surface area contributed by atoms with Crippen LogP contribution in [-0.2, 0) is 19.5 Å². The minimum Gasteiger partial charge on any atom is -0.390 e. The van der Waals surface area contributed by atoms with Gasteiger partial charge in [-0.15, -0.1) is 0 Å². The Kier molecular flexibility index (Phi) is 4.69. The Morgan fingerprint density at radius 1 is 1.04 bits per heavy atom. The highest BCUT2D eigenvalue weighted by Crippen LogP contribution is 2.19. The summed E-state index contributed by atoms with van der Waals surface area (Å²) in [6.07, 6.45) is 0.297. The van der Waals surface area contributed by atoms with Gasteiger partial charge in [0.2, 0.25) is 0 Å². The number of benzene rings is 2. The molecule has 4 rings (SSSR count). The maximum atomic E-state index is 12.0. The Morgan fingerprint density at radius 3 is 2.58 bits per heavy atom. The molecule has 6 heteroatoms. The Morgan fingerprint density at radius 2 is 1.77 bits per heavy atom. The highest BCUT2D eigenvalue weighted by atomic mass is 16.5. The van der Waals surface area contributed by atoms with E-state index in [0.717, 1.165) is 25.1 Å². The molecular weight excluding hydrogens is 330 g/mol. The number of nitrogens with zero attached hydrogens (tertiary/aromatic N) is 3. The van der Waals surface area contributed by atoms with Crippen molar-refractivity contribution in [3.63, 3.8) is 0 Å². The first-order valence-corrected chi connectivity index (χ1v) is 8.80. The summed E-state index contributed by atoms with van der Waals surface area (Å²) in [5, 5.41) is 14.4. The SMILES string of the molecule is O=c1onc(-c2ccccc2)n1CC(O)CN1CCc2ccccc2C1. The molecule has 6 nitrogen and oxygen atoms in total. The molecular formula is C20H21N3O3. The van der Waals surface area contributed by atoms with Crippen LogP contribution in [0.15, 0.2) is 63.9 Å². The van der Waals surface area contributed by atoms with Crippen LogP contribution in [0.4, 0.5) is 0 Å². The van der Waals surface area contributed by atoms with Crippen molar-refractivity contribution < 1.29 is 9.63 Å². The minimum atomic E-state index is -0.681. The standard InChI is InChI=1S/C20H21N3O3/c24-18(13-22-11-10-15-6-4-5-9-17(15)12-22)14-23-19(21-26-20(23)25)16-7-2-1-3-8-16/h1-9,18,24H,10-14H2. The zero-order chi connectivity index (χ0) is 17.9. The van der Waals surface area contributed by atoms with Crippen molar-refractivity contribution in [2.24, 2.45) is 0 Å². The van der Waals surface area contributed by atoms with E-state index in [1.54, 1.807) is 0 Å². The van der Waals surface area contributed by atoms with Gasteiger partial charge in [-0.3, -0.25) is 14.0 Å². The van der Waals surface area contributed by atoms with Crippen molar-refractivity contribution >= 4 is 0 Å².